The van der Waals surface area contributed by atoms with Crippen molar-refractivity contribution in [2.45, 2.75) is 50.2 Å². The van der Waals surface area contributed by atoms with Crippen LogP contribution in [0.3, 0.4) is 0 Å². The molecule has 22 heavy (non-hydrogen) atoms. The summed E-state index contributed by atoms with van der Waals surface area (Å²) < 4.78 is 0. The summed E-state index contributed by atoms with van der Waals surface area (Å²) in [4.78, 5) is 23.3. The van der Waals surface area contributed by atoms with E-state index in [1.54, 1.807) is 6.20 Å². The van der Waals surface area contributed by atoms with Gasteiger partial charge in [0.05, 0.1) is 17.6 Å². The number of carbonyl (C=O) groups excluding carboxylic acids is 1. The molecule has 1 aliphatic heterocycles. The number of nitrogens with one attached hydrogen (secondary N) is 1. The van der Waals surface area contributed by atoms with E-state index in [-0.39, 0.29) is 6.03 Å². The number of carbonyl (C=O) groups is 1. The molecule has 1 saturated heterocycles. The summed E-state index contributed by atoms with van der Waals surface area (Å²) in [7, 11) is 0. The lowest BCUT2D eigenvalue weighted by molar-refractivity contribution is 0.214. The van der Waals surface area contributed by atoms with Crippen LogP contribution < -0.4 is 5.32 Å². The molecule has 1 aromatic rings. The highest BCUT2D eigenvalue weighted by Gasteiger charge is 2.29. The average Bonchev–Trinajstić information content (AvgIpc) is 3.35. The first-order valence-corrected chi connectivity index (χ1v) is 9.38. The normalized spacial score (nSPS) is 22.3. The van der Waals surface area contributed by atoms with Gasteiger partial charge >= 0.3 is 6.03 Å². The van der Waals surface area contributed by atoms with Crippen LogP contribution in [0, 0.1) is 6.92 Å². The van der Waals surface area contributed by atoms with E-state index in [9.17, 15) is 4.79 Å². The summed E-state index contributed by atoms with van der Waals surface area (Å²) in [6.45, 7) is 3.57. The summed E-state index contributed by atoms with van der Waals surface area (Å²) >= 11 is 1.86. The number of urea groups is 1. The number of aryl methyl sites for hydroxylation is 1. The fourth-order valence-corrected chi connectivity index (χ4v) is 3.66. The van der Waals surface area contributed by atoms with Crippen molar-refractivity contribution < 1.29 is 4.79 Å². The largest absolute Gasteiger partial charge is 0.323 e. The standard InChI is InChI=1S/C16H24N4OS/c1-11-17-9-14(15(18-11)12-6-7-12)19-16(21)20-8-4-3-5-13(10-20)22-2/h9,12-13H,3-8,10H2,1-2H3,(H,19,21)/t13-/m0/s1. The lowest BCUT2D eigenvalue weighted by atomic mass is 10.2. The molecule has 3 rings (SSSR count). The average molecular weight is 320 g/mol. The van der Waals surface area contributed by atoms with Gasteiger partial charge in [0.15, 0.2) is 0 Å². The Morgan fingerprint density at radius 2 is 2.18 bits per heavy atom. The van der Waals surface area contributed by atoms with Crippen LogP contribution in [-0.4, -0.2) is 45.5 Å². The highest BCUT2D eigenvalue weighted by atomic mass is 32.2. The van der Waals surface area contributed by atoms with Gasteiger partial charge in [-0.2, -0.15) is 11.8 Å². The summed E-state index contributed by atoms with van der Waals surface area (Å²) in [5.74, 6) is 1.28. The van der Waals surface area contributed by atoms with Crippen molar-refractivity contribution in [2.75, 3.05) is 24.7 Å². The highest BCUT2D eigenvalue weighted by Crippen LogP contribution is 2.42. The molecule has 0 aromatic carbocycles. The first-order chi connectivity index (χ1) is 10.7. The topological polar surface area (TPSA) is 58.1 Å². The number of thioether (sulfide) groups is 1. The Hall–Kier alpha value is -1.30. The van der Waals surface area contributed by atoms with Gasteiger partial charge in [0.2, 0.25) is 0 Å². The number of hydrogen-bond acceptors (Lipinski definition) is 4. The maximum absolute atomic E-state index is 12.6. The van der Waals surface area contributed by atoms with E-state index in [4.69, 9.17) is 0 Å². The number of nitrogens with zero attached hydrogens (tertiary/aromatic N) is 3. The molecule has 1 N–H and O–H groups in total. The zero-order valence-electron chi connectivity index (χ0n) is 13.3. The minimum atomic E-state index is -0.00435. The Labute approximate surface area is 136 Å². The van der Waals surface area contributed by atoms with Gasteiger partial charge in [0.1, 0.15) is 5.82 Å². The maximum Gasteiger partial charge on any atom is 0.321 e. The second kappa shape index (κ2) is 6.86. The fraction of sp³-hybridized carbons (Fsp3) is 0.688. The van der Waals surface area contributed by atoms with E-state index in [1.807, 2.05) is 23.6 Å². The number of rotatable bonds is 3. The molecule has 0 radical (unpaired) electrons. The van der Waals surface area contributed by atoms with Gasteiger partial charge in [0.25, 0.3) is 0 Å². The van der Waals surface area contributed by atoms with Crippen molar-refractivity contribution in [3.05, 3.63) is 17.7 Å². The third-order valence-electron chi connectivity index (χ3n) is 4.39. The van der Waals surface area contributed by atoms with E-state index in [0.717, 1.165) is 49.6 Å². The number of amides is 2. The molecule has 0 spiro atoms. The summed E-state index contributed by atoms with van der Waals surface area (Å²) in [6.07, 6.45) is 9.71. The Morgan fingerprint density at radius 3 is 2.91 bits per heavy atom. The van der Waals surface area contributed by atoms with Gasteiger partial charge in [-0.3, -0.25) is 0 Å². The molecular formula is C16H24N4OS. The van der Waals surface area contributed by atoms with Crippen LogP contribution in [0.2, 0.25) is 0 Å². The molecule has 0 unspecified atom stereocenters. The van der Waals surface area contributed by atoms with Crippen LogP contribution in [0.25, 0.3) is 0 Å². The number of likely N-dealkylation sites (tertiary alicyclic amines) is 1. The second-order valence-electron chi connectivity index (χ2n) is 6.22. The van der Waals surface area contributed by atoms with E-state index in [2.05, 4.69) is 21.5 Å². The minimum Gasteiger partial charge on any atom is -0.323 e. The molecule has 2 fully saturated rings. The lowest BCUT2D eigenvalue weighted by Gasteiger charge is -2.24. The molecule has 0 bridgehead atoms. The predicted molar refractivity (Wildman–Crippen MR) is 90.5 cm³/mol. The van der Waals surface area contributed by atoms with Gasteiger partial charge in [-0.25, -0.2) is 14.8 Å². The van der Waals surface area contributed by atoms with Gasteiger partial charge < -0.3 is 10.2 Å². The van der Waals surface area contributed by atoms with Crippen LogP contribution in [-0.2, 0) is 0 Å². The molecule has 1 atom stereocenters. The number of hydrogen-bond donors (Lipinski definition) is 1. The first-order valence-electron chi connectivity index (χ1n) is 8.09. The molecule has 2 aliphatic rings. The van der Waals surface area contributed by atoms with Crippen LogP contribution in [0.1, 0.15) is 49.5 Å². The van der Waals surface area contributed by atoms with E-state index < -0.39 is 0 Å². The zero-order valence-corrected chi connectivity index (χ0v) is 14.2. The van der Waals surface area contributed by atoms with Crippen molar-refractivity contribution >= 4 is 23.5 Å². The molecule has 5 nitrogen and oxygen atoms in total. The minimum absolute atomic E-state index is 0.00435. The van der Waals surface area contributed by atoms with E-state index in [1.165, 1.54) is 12.8 Å². The Bertz CT molecular complexity index is 547. The van der Waals surface area contributed by atoms with Crippen molar-refractivity contribution in [1.29, 1.82) is 0 Å². The Balaban J connectivity index is 1.71. The third-order valence-corrected chi connectivity index (χ3v) is 5.44. The number of aromatic nitrogens is 2. The van der Waals surface area contributed by atoms with Crippen LogP contribution >= 0.6 is 11.8 Å². The molecule has 2 heterocycles. The van der Waals surface area contributed by atoms with Gasteiger partial charge in [-0.1, -0.05) is 6.42 Å². The molecule has 2 amide bonds. The molecule has 1 aromatic heterocycles. The fourth-order valence-electron chi connectivity index (χ4n) is 2.93. The Kier molecular flexibility index (Phi) is 4.86. The van der Waals surface area contributed by atoms with Crippen molar-refractivity contribution in [1.82, 2.24) is 14.9 Å². The molecule has 1 saturated carbocycles. The van der Waals surface area contributed by atoms with Crippen LogP contribution in [0.15, 0.2) is 6.20 Å². The first kappa shape index (κ1) is 15.6. The van der Waals surface area contributed by atoms with E-state index in [0.29, 0.717) is 11.2 Å². The quantitative estimate of drug-likeness (QED) is 0.927. The second-order valence-corrected chi connectivity index (χ2v) is 7.36. The summed E-state index contributed by atoms with van der Waals surface area (Å²) in [5.41, 5.74) is 1.81. The molecule has 1 aliphatic carbocycles. The van der Waals surface area contributed by atoms with Crippen molar-refractivity contribution in [3.63, 3.8) is 0 Å². The zero-order chi connectivity index (χ0) is 15.5. The van der Waals surface area contributed by atoms with Crippen LogP contribution in [0.5, 0.6) is 0 Å². The van der Waals surface area contributed by atoms with Gasteiger partial charge in [0, 0.05) is 24.3 Å². The maximum atomic E-state index is 12.6. The van der Waals surface area contributed by atoms with Crippen LogP contribution in [0.4, 0.5) is 10.5 Å². The lowest BCUT2D eigenvalue weighted by Crippen LogP contribution is -2.38. The number of anilines is 1. The Morgan fingerprint density at radius 1 is 1.36 bits per heavy atom. The van der Waals surface area contributed by atoms with E-state index >= 15 is 0 Å². The SMILES string of the molecule is CS[C@H]1CCCCN(C(=O)Nc2cnc(C)nc2C2CC2)C1. The summed E-state index contributed by atoms with van der Waals surface area (Å²) in [5, 5.41) is 3.60. The van der Waals surface area contributed by atoms with Gasteiger partial charge in [-0.15, -0.1) is 0 Å². The monoisotopic (exact) mass is 320 g/mol. The molecular weight excluding hydrogens is 296 g/mol. The highest BCUT2D eigenvalue weighted by molar-refractivity contribution is 7.99. The van der Waals surface area contributed by atoms with Crippen molar-refractivity contribution in [3.8, 4) is 0 Å². The molecule has 6 heteroatoms. The smallest absolute Gasteiger partial charge is 0.321 e. The van der Waals surface area contributed by atoms with Gasteiger partial charge in [-0.05, 0) is 38.9 Å². The van der Waals surface area contributed by atoms with Crippen molar-refractivity contribution in [2.24, 2.45) is 0 Å². The third kappa shape index (κ3) is 3.72. The summed E-state index contributed by atoms with van der Waals surface area (Å²) in [6, 6.07) is -0.00435. The predicted octanol–water partition coefficient (Wildman–Crippen LogP) is 3.41. The molecule has 120 valence electrons.